The molecular weight excluding hydrogens is 339 g/mol. The first-order valence-corrected chi connectivity index (χ1v) is 6.99. The van der Waals surface area contributed by atoms with Crippen LogP contribution in [0.3, 0.4) is 0 Å². The standard InChI is InChI=1S/C13H11IN4/c14-11-7-16-18(8-11)13-10(6-15)5-9-3-1-2-4-12(9)17-13/h5,7-8H,1-4H2. The zero-order valence-electron chi connectivity index (χ0n) is 9.73. The number of nitrogens with zero attached hydrogens (tertiary/aromatic N) is 4. The molecule has 3 rings (SSSR count). The van der Waals surface area contributed by atoms with Crippen molar-refractivity contribution in [1.82, 2.24) is 14.8 Å². The average Bonchev–Trinajstić information content (AvgIpc) is 2.83. The molecular formula is C13H11IN4. The van der Waals surface area contributed by atoms with Crippen LogP contribution in [0.1, 0.15) is 29.7 Å². The van der Waals surface area contributed by atoms with Gasteiger partial charge in [0.15, 0.2) is 5.82 Å². The Bertz CT molecular complexity index is 639. The fourth-order valence-corrected chi connectivity index (χ4v) is 2.68. The molecule has 0 amide bonds. The monoisotopic (exact) mass is 350 g/mol. The van der Waals surface area contributed by atoms with Crippen LogP contribution in [0.2, 0.25) is 0 Å². The predicted molar refractivity (Wildman–Crippen MR) is 75.4 cm³/mol. The van der Waals surface area contributed by atoms with Crippen LogP contribution in [0.15, 0.2) is 18.5 Å². The van der Waals surface area contributed by atoms with Crippen molar-refractivity contribution in [2.75, 3.05) is 0 Å². The van der Waals surface area contributed by atoms with E-state index < -0.39 is 0 Å². The lowest BCUT2D eigenvalue weighted by Gasteiger charge is -2.16. The van der Waals surface area contributed by atoms with Crippen LogP contribution in [0.25, 0.3) is 5.82 Å². The topological polar surface area (TPSA) is 54.5 Å². The van der Waals surface area contributed by atoms with Gasteiger partial charge < -0.3 is 0 Å². The summed E-state index contributed by atoms with van der Waals surface area (Å²) in [6.45, 7) is 0. The summed E-state index contributed by atoms with van der Waals surface area (Å²) in [7, 11) is 0. The number of hydrogen-bond acceptors (Lipinski definition) is 3. The van der Waals surface area contributed by atoms with Gasteiger partial charge in [0.2, 0.25) is 0 Å². The van der Waals surface area contributed by atoms with Gasteiger partial charge in [-0.3, -0.25) is 0 Å². The Morgan fingerprint density at radius 1 is 1.33 bits per heavy atom. The molecule has 0 fully saturated rings. The number of nitriles is 1. The van der Waals surface area contributed by atoms with Gasteiger partial charge in [-0.15, -0.1) is 0 Å². The van der Waals surface area contributed by atoms with E-state index >= 15 is 0 Å². The van der Waals surface area contributed by atoms with Gasteiger partial charge in [-0.1, -0.05) is 0 Å². The van der Waals surface area contributed by atoms with Gasteiger partial charge in [0.1, 0.15) is 6.07 Å². The summed E-state index contributed by atoms with van der Waals surface area (Å²) >= 11 is 2.20. The van der Waals surface area contributed by atoms with Gasteiger partial charge in [-0.25, -0.2) is 9.67 Å². The van der Waals surface area contributed by atoms with E-state index in [2.05, 4.69) is 38.7 Å². The van der Waals surface area contributed by atoms with E-state index in [1.165, 1.54) is 18.4 Å². The van der Waals surface area contributed by atoms with E-state index in [0.29, 0.717) is 11.4 Å². The van der Waals surface area contributed by atoms with E-state index in [1.54, 1.807) is 10.9 Å². The maximum atomic E-state index is 9.26. The smallest absolute Gasteiger partial charge is 0.171 e. The fourth-order valence-electron chi connectivity index (χ4n) is 2.30. The van der Waals surface area contributed by atoms with Crippen LogP contribution in [-0.2, 0) is 12.8 Å². The first kappa shape index (κ1) is 11.7. The minimum Gasteiger partial charge on any atom is -0.232 e. The molecule has 2 heterocycles. The van der Waals surface area contributed by atoms with Crippen LogP contribution in [0.5, 0.6) is 0 Å². The SMILES string of the molecule is N#Cc1cc2c(nc1-n1cc(I)cn1)CCCC2. The summed E-state index contributed by atoms with van der Waals surface area (Å²) in [6.07, 6.45) is 8.07. The molecule has 0 aromatic carbocycles. The summed E-state index contributed by atoms with van der Waals surface area (Å²) in [5, 5.41) is 13.5. The molecule has 0 radical (unpaired) electrons. The van der Waals surface area contributed by atoms with Crippen molar-refractivity contribution in [3.05, 3.63) is 38.9 Å². The van der Waals surface area contributed by atoms with Gasteiger partial charge in [0, 0.05) is 11.9 Å². The lowest BCUT2D eigenvalue weighted by atomic mass is 9.95. The highest BCUT2D eigenvalue weighted by Crippen LogP contribution is 2.23. The zero-order valence-corrected chi connectivity index (χ0v) is 11.9. The molecule has 0 unspecified atom stereocenters. The van der Waals surface area contributed by atoms with Crippen LogP contribution in [0, 0.1) is 14.9 Å². The molecule has 2 aromatic heterocycles. The molecule has 0 bridgehead atoms. The molecule has 1 aliphatic carbocycles. The normalized spacial score (nSPS) is 14.0. The second kappa shape index (κ2) is 4.69. The third kappa shape index (κ3) is 2.01. The fraction of sp³-hybridized carbons (Fsp3) is 0.308. The third-order valence-corrected chi connectivity index (χ3v) is 3.73. The van der Waals surface area contributed by atoms with E-state index in [1.807, 2.05) is 12.3 Å². The largest absolute Gasteiger partial charge is 0.232 e. The van der Waals surface area contributed by atoms with Gasteiger partial charge in [-0.05, 0) is 59.9 Å². The van der Waals surface area contributed by atoms with E-state index in [-0.39, 0.29) is 0 Å². The van der Waals surface area contributed by atoms with Crippen molar-refractivity contribution in [2.45, 2.75) is 25.7 Å². The molecule has 4 nitrogen and oxygen atoms in total. The Morgan fingerprint density at radius 3 is 2.89 bits per heavy atom. The van der Waals surface area contributed by atoms with Gasteiger partial charge in [0.25, 0.3) is 0 Å². The minimum absolute atomic E-state index is 0.607. The highest BCUT2D eigenvalue weighted by Gasteiger charge is 2.16. The number of hydrogen-bond donors (Lipinski definition) is 0. The molecule has 0 saturated carbocycles. The molecule has 0 N–H and O–H groups in total. The van der Waals surface area contributed by atoms with Crippen molar-refractivity contribution in [1.29, 1.82) is 5.26 Å². The molecule has 5 heteroatoms. The maximum absolute atomic E-state index is 9.26. The van der Waals surface area contributed by atoms with Gasteiger partial charge in [0.05, 0.1) is 15.3 Å². The quantitative estimate of drug-likeness (QED) is 0.743. The summed E-state index contributed by atoms with van der Waals surface area (Å²) < 4.78 is 2.73. The maximum Gasteiger partial charge on any atom is 0.171 e. The molecule has 2 aromatic rings. The van der Waals surface area contributed by atoms with Crippen molar-refractivity contribution in [3.63, 3.8) is 0 Å². The van der Waals surface area contributed by atoms with Crippen LogP contribution in [-0.4, -0.2) is 14.8 Å². The van der Waals surface area contributed by atoms with E-state index in [0.717, 1.165) is 22.1 Å². The summed E-state index contributed by atoms with van der Waals surface area (Å²) in [6, 6.07) is 4.21. The highest BCUT2D eigenvalue weighted by molar-refractivity contribution is 14.1. The van der Waals surface area contributed by atoms with Crippen LogP contribution in [0.4, 0.5) is 0 Å². The van der Waals surface area contributed by atoms with Gasteiger partial charge >= 0.3 is 0 Å². The molecule has 0 spiro atoms. The molecule has 0 atom stereocenters. The van der Waals surface area contributed by atoms with Crippen molar-refractivity contribution in [2.24, 2.45) is 0 Å². The Hall–Kier alpha value is -1.42. The van der Waals surface area contributed by atoms with Crippen LogP contribution >= 0.6 is 22.6 Å². The first-order valence-electron chi connectivity index (χ1n) is 5.91. The number of rotatable bonds is 1. The van der Waals surface area contributed by atoms with Gasteiger partial charge in [-0.2, -0.15) is 10.4 Å². The number of pyridine rings is 1. The Kier molecular flexibility index (Phi) is 3.04. The summed E-state index contributed by atoms with van der Waals surface area (Å²) in [4.78, 5) is 4.64. The molecule has 1 aliphatic rings. The Balaban J connectivity index is 2.16. The number of fused-ring (bicyclic) bond motifs is 1. The van der Waals surface area contributed by atoms with Crippen LogP contribution < -0.4 is 0 Å². The Labute approximate surface area is 119 Å². The molecule has 90 valence electrons. The lowest BCUT2D eigenvalue weighted by molar-refractivity contribution is 0.661. The Morgan fingerprint density at radius 2 is 2.17 bits per heavy atom. The molecule has 18 heavy (non-hydrogen) atoms. The average molecular weight is 350 g/mol. The van der Waals surface area contributed by atoms with E-state index in [4.69, 9.17) is 0 Å². The molecule has 0 saturated heterocycles. The number of aryl methyl sites for hydroxylation is 2. The predicted octanol–water partition coefficient (Wildman–Crippen LogP) is 2.62. The summed E-state index contributed by atoms with van der Waals surface area (Å²) in [5.41, 5.74) is 2.96. The van der Waals surface area contributed by atoms with Crippen molar-refractivity contribution < 1.29 is 0 Å². The third-order valence-electron chi connectivity index (χ3n) is 3.17. The summed E-state index contributed by atoms with van der Waals surface area (Å²) in [5.74, 6) is 0.654. The zero-order chi connectivity index (χ0) is 12.5. The van der Waals surface area contributed by atoms with E-state index in [9.17, 15) is 5.26 Å². The second-order valence-corrected chi connectivity index (χ2v) is 5.63. The van der Waals surface area contributed by atoms with Crippen molar-refractivity contribution >= 4 is 22.6 Å². The highest BCUT2D eigenvalue weighted by atomic mass is 127. The first-order chi connectivity index (χ1) is 8.78. The minimum atomic E-state index is 0.607. The second-order valence-electron chi connectivity index (χ2n) is 4.39. The number of aromatic nitrogens is 3. The van der Waals surface area contributed by atoms with Crippen molar-refractivity contribution in [3.8, 4) is 11.9 Å². The number of halogens is 1. The molecule has 0 aliphatic heterocycles. The lowest BCUT2D eigenvalue weighted by Crippen LogP contribution is -2.11.